The minimum Gasteiger partial charge on any atom is -0.495 e. The van der Waals surface area contributed by atoms with Gasteiger partial charge >= 0.3 is 0 Å². The summed E-state index contributed by atoms with van der Waals surface area (Å²) in [5.41, 5.74) is 0.387. The first-order valence-electron chi connectivity index (χ1n) is 9.73. The van der Waals surface area contributed by atoms with Crippen LogP contribution in [0.15, 0.2) is 23.1 Å². The van der Waals surface area contributed by atoms with Crippen molar-refractivity contribution in [2.24, 2.45) is 5.92 Å². The zero-order chi connectivity index (χ0) is 19.0. The van der Waals surface area contributed by atoms with Crippen LogP contribution in [-0.2, 0) is 14.8 Å². The lowest BCUT2D eigenvalue weighted by Crippen LogP contribution is -2.40. The monoisotopic (exact) mass is 393 g/mol. The molecule has 2 saturated carbocycles. The van der Waals surface area contributed by atoms with Gasteiger partial charge < -0.3 is 15.4 Å². The van der Waals surface area contributed by atoms with Gasteiger partial charge in [-0.25, -0.2) is 13.1 Å². The van der Waals surface area contributed by atoms with Crippen molar-refractivity contribution >= 4 is 21.6 Å². The van der Waals surface area contributed by atoms with Gasteiger partial charge in [-0.1, -0.05) is 12.8 Å². The molecule has 7 nitrogen and oxygen atoms in total. The first kappa shape index (κ1) is 18.7. The van der Waals surface area contributed by atoms with Crippen LogP contribution in [0.2, 0.25) is 0 Å². The third kappa shape index (κ3) is 4.12. The standard InChI is InChI=1S/C19H27N3O4S/c1-26-18-9-8-14(27(24,25)22-13-6-7-13)11-16(18)21-19(23)17-10-12-4-2-3-5-15(12)20-17/h8-9,11-13,15,17,20,22H,2-7,10H2,1H3,(H,21,23). The number of carbonyl (C=O) groups excluding carboxylic acids is 1. The average Bonchev–Trinajstić information content (AvgIpc) is 3.34. The second kappa shape index (κ2) is 7.41. The van der Waals surface area contributed by atoms with E-state index in [-0.39, 0.29) is 22.9 Å². The first-order valence-corrected chi connectivity index (χ1v) is 11.2. The number of sulfonamides is 1. The minimum atomic E-state index is -3.59. The van der Waals surface area contributed by atoms with Gasteiger partial charge in [-0.3, -0.25) is 4.79 Å². The van der Waals surface area contributed by atoms with Gasteiger partial charge in [0.15, 0.2) is 0 Å². The van der Waals surface area contributed by atoms with Crippen molar-refractivity contribution in [1.82, 2.24) is 10.0 Å². The van der Waals surface area contributed by atoms with E-state index in [0.717, 1.165) is 25.7 Å². The lowest BCUT2D eigenvalue weighted by molar-refractivity contribution is -0.117. The molecule has 27 heavy (non-hydrogen) atoms. The molecule has 4 rings (SSSR count). The number of ether oxygens (including phenoxy) is 1. The van der Waals surface area contributed by atoms with Gasteiger partial charge in [-0.05, 0) is 56.2 Å². The Morgan fingerprint density at radius 1 is 1.19 bits per heavy atom. The van der Waals surface area contributed by atoms with Crippen LogP contribution in [0.3, 0.4) is 0 Å². The number of methoxy groups -OCH3 is 1. The molecule has 0 spiro atoms. The second-order valence-electron chi connectivity index (χ2n) is 7.85. The smallest absolute Gasteiger partial charge is 0.241 e. The quantitative estimate of drug-likeness (QED) is 0.687. The van der Waals surface area contributed by atoms with Gasteiger partial charge in [0.05, 0.1) is 23.7 Å². The van der Waals surface area contributed by atoms with Crippen molar-refractivity contribution in [3.63, 3.8) is 0 Å². The number of benzene rings is 1. The molecule has 0 bridgehead atoms. The summed E-state index contributed by atoms with van der Waals surface area (Å²) in [6.45, 7) is 0. The number of carbonyl (C=O) groups is 1. The van der Waals surface area contributed by atoms with Gasteiger partial charge in [0.2, 0.25) is 15.9 Å². The Kier molecular flexibility index (Phi) is 5.13. The molecule has 1 aromatic rings. The molecule has 3 aliphatic rings. The van der Waals surface area contributed by atoms with Crippen LogP contribution >= 0.6 is 0 Å². The molecule has 3 fully saturated rings. The molecular formula is C19H27N3O4S. The molecular weight excluding hydrogens is 366 g/mol. The molecule has 3 N–H and O–H groups in total. The second-order valence-corrected chi connectivity index (χ2v) is 9.57. The summed E-state index contributed by atoms with van der Waals surface area (Å²) in [6.07, 6.45) is 7.32. The Labute approximate surface area is 160 Å². The van der Waals surface area contributed by atoms with Crippen LogP contribution in [-0.4, -0.2) is 39.6 Å². The van der Waals surface area contributed by atoms with Crippen molar-refractivity contribution in [3.8, 4) is 5.75 Å². The maximum absolute atomic E-state index is 12.8. The Hall–Kier alpha value is -1.64. The number of rotatable bonds is 6. The van der Waals surface area contributed by atoms with Crippen molar-refractivity contribution in [3.05, 3.63) is 18.2 Å². The van der Waals surface area contributed by atoms with Gasteiger partial charge in [-0.2, -0.15) is 0 Å². The van der Waals surface area contributed by atoms with E-state index in [9.17, 15) is 13.2 Å². The van der Waals surface area contributed by atoms with E-state index in [1.54, 1.807) is 6.07 Å². The van der Waals surface area contributed by atoms with Crippen molar-refractivity contribution in [2.45, 2.75) is 68.0 Å². The number of amides is 1. The zero-order valence-electron chi connectivity index (χ0n) is 15.5. The summed E-state index contributed by atoms with van der Waals surface area (Å²) >= 11 is 0. The lowest BCUT2D eigenvalue weighted by atomic mass is 9.85. The normalized spacial score (nSPS) is 27.8. The van der Waals surface area contributed by atoms with Crippen LogP contribution in [0.5, 0.6) is 5.75 Å². The Morgan fingerprint density at radius 2 is 1.96 bits per heavy atom. The summed E-state index contributed by atoms with van der Waals surface area (Å²) in [5.74, 6) is 0.877. The number of nitrogens with one attached hydrogen (secondary N) is 3. The summed E-state index contributed by atoms with van der Waals surface area (Å²) in [5, 5.41) is 6.32. The number of hydrogen-bond donors (Lipinski definition) is 3. The predicted octanol–water partition coefficient (Wildman–Crippen LogP) is 2.00. The topological polar surface area (TPSA) is 96.5 Å². The van der Waals surface area contributed by atoms with Gasteiger partial charge in [0.25, 0.3) is 0 Å². The third-order valence-corrected chi connectivity index (χ3v) is 7.34. The number of fused-ring (bicyclic) bond motifs is 1. The molecule has 0 aromatic heterocycles. The molecule has 1 heterocycles. The highest BCUT2D eigenvalue weighted by Gasteiger charge is 2.38. The number of hydrogen-bond acceptors (Lipinski definition) is 5. The molecule has 8 heteroatoms. The van der Waals surface area contributed by atoms with Crippen LogP contribution in [0, 0.1) is 5.92 Å². The van der Waals surface area contributed by atoms with E-state index < -0.39 is 10.0 Å². The molecule has 1 saturated heterocycles. The zero-order valence-corrected chi connectivity index (χ0v) is 16.3. The Balaban J connectivity index is 1.50. The number of anilines is 1. The SMILES string of the molecule is COc1ccc(S(=O)(=O)NC2CC2)cc1NC(=O)C1CC2CCCCC2N1. The fourth-order valence-electron chi connectivity index (χ4n) is 4.18. The maximum Gasteiger partial charge on any atom is 0.241 e. The summed E-state index contributed by atoms with van der Waals surface area (Å²) < 4.78 is 32.9. The van der Waals surface area contributed by atoms with Gasteiger partial charge in [0.1, 0.15) is 5.75 Å². The Morgan fingerprint density at radius 3 is 2.67 bits per heavy atom. The fourth-order valence-corrected chi connectivity index (χ4v) is 5.51. The minimum absolute atomic E-state index is 0.0289. The van der Waals surface area contributed by atoms with E-state index in [1.165, 1.54) is 38.5 Å². The van der Waals surface area contributed by atoms with Crippen molar-refractivity contribution in [2.75, 3.05) is 12.4 Å². The molecule has 148 valence electrons. The van der Waals surface area contributed by atoms with E-state index >= 15 is 0 Å². The molecule has 0 radical (unpaired) electrons. The van der Waals surface area contributed by atoms with Gasteiger partial charge in [0, 0.05) is 12.1 Å². The van der Waals surface area contributed by atoms with Crippen molar-refractivity contribution < 1.29 is 17.9 Å². The molecule has 3 atom stereocenters. The molecule has 2 aliphatic carbocycles. The van der Waals surface area contributed by atoms with Crippen LogP contribution in [0.4, 0.5) is 5.69 Å². The lowest BCUT2D eigenvalue weighted by Gasteiger charge is -2.24. The summed E-state index contributed by atoms with van der Waals surface area (Å²) in [6, 6.07) is 4.77. The van der Waals surface area contributed by atoms with Crippen LogP contribution < -0.4 is 20.1 Å². The largest absolute Gasteiger partial charge is 0.495 e. The molecule has 1 aliphatic heterocycles. The fraction of sp³-hybridized carbons (Fsp3) is 0.632. The highest BCUT2D eigenvalue weighted by atomic mass is 32.2. The summed E-state index contributed by atoms with van der Waals surface area (Å²) in [7, 11) is -2.09. The highest BCUT2D eigenvalue weighted by Crippen LogP contribution is 2.34. The predicted molar refractivity (Wildman–Crippen MR) is 102 cm³/mol. The molecule has 1 amide bonds. The van der Waals surface area contributed by atoms with E-state index in [0.29, 0.717) is 23.4 Å². The maximum atomic E-state index is 12.8. The van der Waals surface area contributed by atoms with Crippen LogP contribution in [0.25, 0.3) is 0 Å². The third-order valence-electron chi connectivity index (χ3n) is 5.82. The Bertz CT molecular complexity index is 808. The highest BCUT2D eigenvalue weighted by molar-refractivity contribution is 7.89. The summed E-state index contributed by atoms with van der Waals surface area (Å²) in [4.78, 5) is 12.9. The first-order chi connectivity index (χ1) is 13.0. The van der Waals surface area contributed by atoms with Crippen LogP contribution in [0.1, 0.15) is 44.9 Å². The van der Waals surface area contributed by atoms with E-state index in [4.69, 9.17) is 4.74 Å². The van der Waals surface area contributed by atoms with E-state index in [1.807, 2.05) is 0 Å². The van der Waals surface area contributed by atoms with Crippen molar-refractivity contribution in [1.29, 1.82) is 0 Å². The van der Waals surface area contributed by atoms with Gasteiger partial charge in [-0.15, -0.1) is 0 Å². The van der Waals surface area contributed by atoms with E-state index in [2.05, 4.69) is 15.4 Å². The molecule has 1 aromatic carbocycles. The molecule has 3 unspecified atom stereocenters. The average molecular weight is 394 g/mol.